The number of halogens is 1. The molecule has 7 nitrogen and oxygen atoms in total. The van der Waals surface area contributed by atoms with Crippen LogP contribution in [0.3, 0.4) is 0 Å². The van der Waals surface area contributed by atoms with Crippen molar-refractivity contribution in [2.24, 2.45) is 5.92 Å². The molecule has 0 bridgehead atoms. The van der Waals surface area contributed by atoms with Gasteiger partial charge in [-0.1, -0.05) is 46.6 Å². The van der Waals surface area contributed by atoms with E-state index in [-0.39, 0.29) is 17.9 Å². The number of aryl methyl sites for hydroxylation is 1. The molecule has 2 heterocycles. The van der Waals surface area contributed by atoms with Gasteiger partial charge in [0.25, 0.3) is 0 Å². The maximum Gasteiger partial charge on any atom is 0.241 e. The van der Waals surface area contributed by atoms with E-state index in [1.807, 2.05) is 62.4 Å². The number of aromatic nitrogens is 2. The van der Waals surface area contributed by atoms with E-state index in [0.717, 1.165) is 37.2 Å². The molecule has 0 aliphatic carbocycles. The number of amides is 1. The molecule has 0 spiro atoms. The molecule has 3 aromatic rings. The fraction of sp³-hybridized carbons (Fsp3) is 0.400. The fourth-order valence-electron chi connectivity index (χ4n) is 3.87. The van der Waals surface area contributed by atoms with Crippen LogP contribution in [0.4, 0.5) is 0 Å². The molecule has 174 valence electrons. The standard InChI is InChI=1S/C25H29ClN4O3/c1-17-6-8-22(9-7-17)32-16-18(2)27-25(31)19-10-12-30(13-11-19)15-23-28-24(29-33-23)20-4-3-5-21(26)14-20/h3-9,14,18-19H,10-13,15-16H2,1-2H3,(H,27,31). The quantitative estimate of drug-likeness (QED) is 0.524. The van der Waals surface area contributed by atoms with Gasteiger partial charge in [-0.15, -0.1) is 0 Å². The lowest BCUT2D eigenvalue weighted by atomic mass is 9.95. The maximum absolute atomic E-state index is 12.7. The van der Waals surface area contributed by atoms with Gasteiger partial charge in [0.1, 0.15) is 12.4 Å². The van der Waals surface area contributed by atoms with Crippen molar-refractivity contribution < 1.29 is 14.1 Å². The molecule has 1 aliphatic rings. The molecular weight excluding hydrogens is 440 g/mol. The SMILES string of the molecule is Cc1ccc(OCC(C)NC(=O)C2CCN(Cc3nc(-c4cccc(Cl)c4)no3)CC2)cc1. The summed E-state index contributed by atoms with van der Waals surface area (Å²) in [5.41, 5.74) is 2.02. The van der Waals surface area contributed by atoms with Crippen LogP contribution in [0.1, 0.15) is 31.2 Å². The van der Waals surface area contributed by atoms with Crippen molar-refractivity contribution in [1.82, 2.24) is 20.4 Å². The van der Waals surface area contributed by atoms with Crippen LogP contribution in [0.5, 0.6) is 5.75 Å². The summed E-state index contributed by atoms with van der Waals surface area (Å²) in [6.07, 6.45) is 1.60. The van der Waals surface area contributed by atoms with E-state index >= 15 is 0 Å². The molecule has 1 atom stereocenters. The minimum atomic E-state index is -0.0554. The summed E-state index contributed by atoms with van der Waals surface area (Å²) in [6.45, 7) is 6.64. The number of rotatable bonds is 8. The predicted octanol–water partition coefficient (Wildman–Crippen LogP) is 4.49. The summed E-state index contributed by atoms with van der Waals surface area (Å²) in [6, 6.07) is 15.2. The lowest BCUT2D eigenvalue weighted by Crippen LogP contribution is -2.44. The van der Waals surface area contributed by atoms with Crippen LogP contribution >= 0.6 is 11.6 Å². The minimum Gasteiger partial charge on any atom is -0.491 e. The lowest BCUT2D eigenvalue weighted by molar-refractivity contribution is -0.127. The van der Waals surface area contributed by atoms with Gasteiger partial charge in [0.05, 0.1) is 12.6 Å². The van der Waals surface area contributed by atoms with Gasteiger partial charge >= 0.3 is 0 Å². The molecule has 2 aromatic carbocycles. The van der Waals surface area contributed by atoms with Gasteiger partial charge in [0.15, 0.2) is 0 Å². The van der Waals surface area contributed by atoms with Crippen molar-refractivity contribution in [1.29, 1.82) is 0 Å². The molecule has 33 heavy (non-hydrogen) atoms. The molecule has 0 radical (unpaired) electrons. The van der Waals surface area contributed by atoms with E-state index in [1.54, 1.807) is 0 Å². The second-order valence-corrected chi connectivity index (χ2v) is 9.04. The van der Waals surface area contributed by atoms with E-state index in [0.29, 0.717) is 29.9 Å². The van der Waals surface area contributed by atoms with Gasteiger partial charge < -0.3 is 14.6 Å². The number of piperidine rings is 1. The van der Waals surface area contributed by atoms with E-state index in [4.69, 9.17) is 20.9 Å². The van der Waals surface area contributed by atoms with Crippen molar-refractivity contribution in [3.63, 3.8) is 0 Å². The fourth-order valence-corrected chi connectivity index (χ4v) is 4.06. The van der Waals surface area contributed by atoms with Crippen molar-refractivity contribution in [3.05, 3.63) is 65.0 Å². The van der Waals surface area contributed by atoms with Gasteiger partial charge in [0.2, 0.25) is 17.6 Å². The zero-order chi connectivity index (χ0) is 23.2. The highest BCUT2D eigenvalue weighted by molar-refractivity contribution is 6.30. The van der Waals surface area contributed by atoms with Crippen LogP contribution in [0.2, 0.25) is 5.02 Å². The Morgan fingerprint density at radius 1 is 1.24 bits per heavy atom. The van der Waals surface area contributed by atoms with Gasteiger partial charge in [-0.05, 0) is 64.0 Å². The Labute approximate surface area is 199 Å². The maximum atomic E-state index is 12.7. The van der Waals surface area contributed by atoms with Crippen LogP contribution in [-0.2, 0) is 11.3 Å². The summed E-state index contributed by atoms with van der Waals surface area (Å²) < 4.78 is 11.2. The lowest BCUT2D eigenvalue weighted by Gasteiger charge is -2.30. The summed E-state index contributed by atoms with van der Waals surface area (Å²) >= 11 is 6.04. The van der Waals surface area contributed by atoms with Crippen LogP contribution in [0.15, 0.2) is 53.1 Å². The van der Waals surface area contributed by atoms with Gasteiger partial charge in [-0.2, -0.15) is 4.98 Å². The van der Waals surface area contributed by atoms with E-state index < -0.39 is 0 Å². The monoisotopic (exact) mass is 468 g/mol. The number of carbonyl (C=O) groups excluding carboxylic acids is 1. The van der Waals surface area contributed by atoms with E-state index in [2.05, 4.69) is 20.4 Å². The highest BCUT2D eigenvalue weighted by Gasteiger charge is 2.26. The molecular formula is C25H29ClN4O3. The Morgan fingerprint density at radius 2 is 2.00 bits per heavy atom. The third-order valence-corrected chi connectivity index (χ3v) is 6.01. The molecule has 1 amide bonds. The zero-order valence-electron chi connectivity index (χ0n) is 19.0. The van der Waals surface area contributed by atoms with Crippen LogP contribution < -0.4 is 10.1 Å². The van der Waals surface area contributed by atoms with Gasteiger partial charge in [0, 0.05) is 16.5 Å². The number of nitrogens with one attached hydrogen (secondary N) is 1. The summed E-state index contributed by atoms with van der Waals surface area (Å²) in [5, 5.41) is 7.79. The molecule has 1 unspecified atom stereocenters. The van der Waals surface area contributed by atoms with E-state index in [1.165, 1.54) is 5.56 Å². The Balaban J connectivity index is 1.20. The number of nitrogens with zero attached hydrogens (tertiary/aromatic N) is 3. The Kier molecular flexibility index (Phi) is 7.62. The number of benzene rings is 2. The first-order valence-electron chi connectivity index (χ1n) is 11.3. The van der Waals surface area contributed by atoms with Gasteiger partial charge in [-0.3, -0.25) is 9.69 Å². The third-order valence-electron chi connectivity index (χ3n) is 5.78. The van der Waals surface area contributed by atoms with Crippen molar-refractivity contribution in [2.75, 3.05) is 19.7 Å². The van der Waals surface area contributed by atoms with Crippen molar-refractivity contribution >= 4 is 17.5 Å². The normalized spacial score (nSPS) is 15.8. The second-order valence-electron chi connectivity index (χ2n) is 8.61. The molecule has 4 rings (SSSR count). The molecule has 1 N–H and O–H groups in total. The zero-order valence-corrected chi connectivity index (χ0v) is 19.7. The molecule has 1 fully saturated rings. The average Bonchev–Trinajstić information content (AvgIpc) is 3.28. The largest absolute Gasteiger partial charge is 0.491 e. The molecule has 1 aliphatic heterocycles. The molecule has 8 heteroatoms. The number of ether oxygens (including phenoxy) is 1. The van der Waals surface area contributed by atoms with Crippen LogP contribution in [-0.4, -0.2) is 46.7 Å². The third kappa shape index (κ3) is 6.55. The first kappa shape index (κ1) is 23.3. The van der Waals surface area contributed by atoms with Crippen LogP contribution in [0, 0.1) is 12.8 Å². The Hall–Kier alpha value is -2.90. The minimum absolute atomic E-state index is 0.00721. The summed E-state index contributed by atoms with van der Waals surface area (Å²) in [5.74, 6) is 2.01. The van der Waals surface area contributed by atoms with E-state index in [9.17, 15) is 4.79 Å². The van der Waals surface area contributed by atoms with Crippen LogP contribution in [0.25, 0.3) is 11.4 Å². The predicted molar refractivity (Wildman–Crippen MR) is 127 cm³/mol. The number of hydrogen-bond acceptors (Lipinski definition) is 6. The highest BCUT2D eigenvalue weighted by atomic mass is 35.5. The number of hydrogen-bond donors (Lipinski definition) is 1. The number of likely N-dealkylation sites (tertiary alicyclic amines) is 1. The highest BCUT2D eigenvalue weighted by Crippen LogP contribution is 2.22. The Bertz CT molecular complexity index is 1060. The molecule has 1 aromatic heterocycles. The second kappa shape index (κ2) is 10.8. The first-order chi connectivity index (χ1) is 16.0. The van der Waals surface area contributed by atoms with Crippen molar-refractivity contribution in [2.45, 2.75) is 39.3 Å². The number of carbonyl (C=O) groups is 1. The average molecular weight is 469 g/mol. The summed E-state index contributed by atoms with van der Waals surface area (Å²) in [4.78, 5) is 19.4. The molecule has 1 saturated heterocycles. The Morgan fingerprint density at radius 3 is 2.73 bits per heavy atom. The smallest absolute Gasteiger partial charge is 0.241 e. The summed E-state index contributed by atoms with van der Waals surface area (Å²) in [7, 11) is 0. The van der Waals surface area contributed by atoms with Crippen molar-refractivity contribution in [3.8, 4) is 17.1 Å². The first-order valence-corrected chi connectivity index (χ1v) is 11.6. The molecule has 0 saturated carbocycles. The topological polar surface area (TPSA) is 80.5 Å². The van der Waals surface area contributed by atoms with Gasteiger partial charge in [-0.25, -0.2) is 0 Å².